The maximum atomic E-state index is 12.9. The minimum absolute atomic E-state index is 0.0165. The average Bonchev–Trinajstić information content (AvgIpc) is 2.64. The Labute approximate surface area is 180 Å². The van der Waals surface area contributed by atoms with Crippen molar-refractivity contribution in [1.29, 1.82) is 5.26 Å². The number of fused-ring (bicyclic) bond motifs is 3. The SMILES string of the molecule is [C-]#[N+]C1=C[C@]2(C)C3=CC(=O)C(C#N)=C[C@]3(CC#C[Si](C)(C)C)CC[C@H]2C(C)(C)C1=O. The van der Waals surface area contributed by atoms with Crippen LogP contribution in [0.2, 0.25) is 19.6 Å². The van der Waals surface area contributed by atoms with Gasteiger partial charge in [-0.15, -0.1) is 11.5 Å². The molecule has 30 heavy (non-hydrogen) atoms. The summed E-state index contributed by atoms with van der Waals surface area (Å²) in [4.78, 5) is 29.1. The second kappa shape index (κ2) is 6.94. The molecule has 0 bridgehead atoms. The van der Waals surface area contributed by atoms with E-state index in [9.17, 15) is 14.9 Å². The van der Waals surface area contributed by atoms with E-state index in [4.69, 9.17) is 6.57 Å². The van der Waals surface area contributed by atoms with Gasteiger partial charge in [-0.25, -0.2) is 4.85 Å². The molecule has 3 atom stereocenters. The van der Waals surface area contributed by atoms with Gasteiger partial charge in [0.15, 0.2) is 11.6 Å². The van der Waals surface area contributed by atoms with E-state index in [-0.39, 0.29) is 28.8 Å². The fraction of sp³-hybridized carbons (Fsp3) is 0.520. The number of Topliss-reactive ketones (excluding diaryl/α,β-unsaturated/α-hetero) is 1. The molecule has 0 aromatic heterocycles. The third-order valence-corrected chi connectivity index (χ3v) is 7.84. The second-order valence-electron chi connectivity index (χ2n) is 10.5. The van der Waals surface area contributed by atoms with Crippen LogP contribution in [0.4, 0.5) is 0 Å². The van der Waals surface area contributed by atoms with Gasteiger partial charge in [-0.3, -0.25) is 4.79 Å². The number of carbonyl (C=O) groups excluding carboxylic acids is 2. The highest BCUT2D eigenvalue weighted by Crippen LogP contribution is 2.64. The summed E-state index contributed by atoms with van der Waals surface area (Å²) in [6.45, 7) is 20.0. The zero-order valence-corrected chi connectivity index (χ0v) is 19.6. The Morgan fingerprint density at radius 3 is 2.47 bits per heavy atom. The predicted octanol–water partition coefficient (Wildman–Crippen LogP) is 5.03. The van der Waals surface area contributed by atoms with E-state index in [1.54, 1.807) is 12.2 Å². The first-order chi connectivity index (χ1) is 13.8. The van der Waals surface area contributed by atoms with Gasteiger partial charge in [0, 0.05) is 22.7 Å². The molecule has 154 valence electrons. The molecule has 0 N–H and O–H groups in total. The fourth-order valence-corrected chi connectivity index (χ4v) is 6.18. The van der Waals surface area contributed by atoms with Crippen LogP contribution in [0.3, 0.4) is 0 Å². The van der Waals surface area contributed by atoms with Crippen molar-refractivity contribution in [2.24, 2.45) is 22.2 Å². The van der Waals surface area contributed by atoms with Crippen LogP contribution in [0.25, 0.3) is 4.85 Å². The lowest BCUT2D eigenvalue weighted by Gasteiger charge is -2.57. The summed E-state index contributed by atoms with van der Waals surface area (Å²) in [6, 6.07) is 2.06. The molecular weight excluding hydrogens is 388 g/mol. The van der Waals surface area contributed by atoms with Crippen molar-refractivity contribution in [3.63, 3.8) is 0 Å². The zero-order valence-electron chi connectivity index (χ0n) is 18.6. The smallest absolute Gasteiger partial charge is 0.226 e. The largest absolute Gasteiger partial charge is 0.307 e. The van der Waals surface area contributed by atoms with E-state index in [0.29, 0.717) is 6.42 Å². The van der Waals surface area contributed by atoms with Gasteiger partial charge in [-0.1, -0.05) is 52.6 Å². The van der Waals surface area contributed by atoms with Crippen LogP contribution in [0.5, 0.6) is 0 Å². The van der Waals surface area contributed by atoms with Crippen LogP contribution >= 0.6 is 0 Å². The topological polar surface area (TPSA) is 62.3 Å². The molecule has 0 aromatic carbocycles. The van der Waals surface area contributed by atoms with Crippen LogP contribution in [-0.2, 0) is 9.59 Å². The number of nitriles is 1. The van der Waals surface area contributed by atoms with E-state index in [0.717, 1.165) is 18.4 Å². The van der Waals surface area contributed by atoms with Crippen molar-refractivity contribution >= 4 is 19.6 Å². The highest BCUT2D eigenvalue weighted by molar-refractivity contribution is 6.83. The molecule has 4 nitrogen and oxygen atoms in total. The lowest BCUT2D eigenvalue weighted by Crippen LogP contribution is -2.53. The molecule has 0 amide bonds. The average molecular weight is 417 g/mol. The number of ketones is 2. The van der Waals surface area contributed by atoms with Crippen LogP contribution in [0.15, 0.2) is 35.1 Å². The maximum absolute atomic E-state index is 12.9. The van der Waals surface area contributed by atoms with Gasteiger partial charge in [-0.05, 0) is 30.4 Å². The number of rotatable bonds is 1. The Balaban J connectivity index is 2.23. The molecular formula is C25H28N2O2Si. The van der Waals surface area contributed by atoms with Gasteiger partial charge in [-0.2, -0.15) is 5.26 Å². The van der Waals surface area contributed by atoms with Gasteiger partial charge in [0.05, 0.1) is 12.1 Å². The zero-order chi connectivity index (χ0) is 22.5. The Hall–Kier alpha value is -2.68. The van der Waals surface area contributed by atoms with Gasteiger partial charge in [0.25, 0.3) is 0 Å². The minimum atomic E-state index is -1.57. The number of allylic oxidation sites excluding steroid dienone is 6. The Bertz CT molecular complexity index is 1080. The summed E-state index contributed by atoms with van der Waals surface area (Å²) in [7, 11) is -1.57. The molecule has 0 unspecified atom stereocenters. The number of hydrogen-bond donors (Lipinski definition) is 0. The summed E-state index contributed by atoms with van der Waals surface area (Å²) >= 11 is 0. The van der Waals surface area contributed by atoms with Gasteiger partial charge < -0.3 is 4.79 Å². The standard InChI is InChI=1S/C25H28N2O2Si/c1-23(2)20-9-11-25(10-8-12-30(5,6)7)14-17(16-26)19(28)13-21(25)24(20,3)15-18(27-4)22(23)29/h13-15,20H,9-11H2,1-3,5-7H3/t20-,24-,25-/m0/s1. The molecule has 0 heterocycles. The Kier molecular flexibility index (Phi) is 5.09. The van der Waals surface area contributed by atoms with E-state index in [2.05, 4.69) is 42.0 Å². The molecule has 1 fully saturated rings. The van der Waals surface area contributed by atoms with E-state index in [1.165, 1.54) is 0 Å². The van der Waals surface area contributed by atoms with Gasteiger partial charge in [0.2, 0.25) is 5.70 Å². The monoisotopic (exact) mass is 416 g/mol. The fourth-order valence-electron chi connectivity index (χ4n) is 5.56. The summed E-state index contributed by atoms with van der Waals surface area (Å²) in [5.74, 6) is 2.93. The lowest BCUT2D eigenvalue weighted by atomic mass is 9.45. The molecule has 5 heteroatoms. The Morgan fingerprint density at radius 2 is 1.90 bits per heavy atom. The molecule has 3 rings (SSSR count). The third kappa shape index (κ3) is 3.30. The molecule has 0 aliphatic heterocycles. The maximum Gasteiger partial charge on any atom is 0.226 e. The highest BCUT2D eigenvalue weighted by atomic mass is 28.3. The molecule has 0 aromatic rings. The van der Waals surface area contributed by atoms with Crippen molar-refractivity contribution < 1.29 is 9.59 Å². The number of nitrogens with zero attached hydrogens (tertiary/aromatic N) is 2. The van der Waals surface area contributed by atoms with Crippen LogP contribution in [0, 0.1) is 51.5 Å². The summed E-state index contributed by atoms with van der Waals surface area (Å²) in [6.07, 6.45) is 7.24. The van der Waals surface area contributed by atoms with Gasteiger partial charge >= 0.3 is 0 Å². The second-order valence-corrected chi connectivity index (χ2v) is 15.3. The first-order valence-electron chi connectivity index (χ1n) is 10.4. The van der Waals surface area contributed by atoms with Crippen molar-refractivity contribution in [2.45, 2.75) is 59.7 Å². The lowest BCUT2D eigenvalue weighted by molar-refractivity contribution is -0.130. The van der Waals surface area contributed by atoms with E-state index >= 15 is 0 Å². The number of hydrogen-bond acceptors (Lipinski definition) is 3. The van der Waals surface area contributed by atoms with Crippen LogP contribution in [0.1, 0.15) is 40.0 Å². The van der Waals surface area contributed by atoms with E-state index in [1.807, 2.05) is 26.8 Å². The van der Waals surface area contributed by atoms with Crippen LogP contribution in [-0.4, -0.2) is 19.6 Å². The van der Waals surface area contributed by atoms with E-state index < -0.39 is 24.3 Å². The van der Waals surface area contributed by atoms with Gasteiger partial charge in [0.1, 0.15) is 14.1 Å². The molecule has 0 spiro atoms. The van der Waals surface area contributed by atoms with Crippen LogP contribution < -0.4 is 0 Å². The highest BCUT2D eigenvalue weighted by Gasteiger charge is 2.59. The molecule has 0 radical (unpaired) electrons. The quantitative estimate of drug-likeness (QED) is 0.342. The first kappa shape index (κ1) is 22.0. The van der Waals surface area contributed by atoms with Crippen molar-refractivity contribution in [3.8, 4) is 17.5 Å². The molecule has 3 aliphatic carbocycles. The normalized spacial score (nSPS) is 32.1. The third-order valence-electron chi connectivity index (χ3n) is 6.91. The summed E-state index contributed by atoms with van der Waals surface area (Å²) in [5, 5.41) is 9.52. The first-order valence-corrected chi connectivity index (χ1v) is 13.9. The van der Waals surface area contributed by atoms with Crippen molar-refractivity contribution in [3.05, 3.63) is 46.5 Å². The minimum Gasteiger partial charge on any atom is -0.307 e. The number of carbonyl (C=O) groups is 2. The summed E-state index contributed by atoms with van der Waals surface area (Å²) in [5.41, 5.74) is 2.81. The van der Waals surface area contributed by atoms with Crippen molar-refractivity contribution in [1.82, 2.24) is 0 Å². The van der Waals surface area contributed by atoms with Crippen molar-refractivity contribution in [2.75, 3.05) is 0 Å². The Morgan fingerprint density at radius 1 is 1.23 bits per heavy atom. The predicted molar refractivity (Wildman–Crippen MR) is 119 cm³/mol. The molecule has 0 saturated heterocycles. The molecule has 1 saturated carbocycles. The summed E-state index contributed by atoms with van der Waals surface area (Å²) < 4.78 is 0. The molecule has 3 aliphatic rings.